The first kappa shape index (κ1) is 31.5. The first-order chi connectivity index (χ1) is 23.9. The largest absolute Gasteiger partial charge is 0.461 e. The number of nitrogens with zero attached hydrogens (tertiary/aromatic N) is 8. The molecule has 3 aromatic heterocycles. The topological polar surface area (TPSA) is 100 Å². The van der Waals surface area contributed by atoms with Gasteiger partial charge in [0.15, 0.2) is 5.82 Å². The third-order valence-corrected chi connectivity index (χ3v) is 10.7. The van der Waals surface area contributed by atoms with Crippen molar-refractivity contribution in [2.24, 2.45) is 0 Å². The maximum absolute atomic E-state index is 16.8. The van der Waals surface area contributed by atoms with Crippen molar-refractivity contribution in [1.29, 1.82) is 0 Å². The molecule has 2 aromatic carbocycles. The van der Waals surface area contributed by atoms with Crippen LogP contribution in [0.25, 0.3) is 39.0 Å². The van der Waals surface area contributed by atoms with Crippen molar-refractivity contribution in [2.75, 3.05) is 44.7 Å². The van der Waals surface area contributed by atoms with E-state index in [-0.39, 0.29) is 34.7 Å². The maximum atomic E-state index is 16.8. The number of ether oxygens (including phenoxy) is 1. The van der Waals surface area contributed by atoms with Crippen molar-refractivity contribution in [3.8, 4) is 17.3 Å². The van der Waals surface area contributed by atoms with Crippen LogP contribution in [0.5, 0.6) is 6.01 Å². The van der Waals surface area contributed by atoms with Gasteiger partial charge in [-0.15, -0.1) is 0 Å². The van der Waals surface area contributed by atoms with Crippen molar-refractivity contribution >= 4 is 51.1 Å². The Balaban J connectivity index is 1.15. The van der Waals surface area contributed by atoms with Gasteiger partial charge in [-0.05, 0) is 62.7 Å². The molecule has 0 saturated carbocycles. The quantitative estimate of drug-likeness (QED) is 0.178. The molecule has 0 aliphatic carbocycles. The van der Waals surface area contributed by atoms with E-state index in [1.54, 1.807) is 41.8 Å². The van der Waals surface area contributed by atoms with E-state index < -0.39 is 5.82 Å². The lowest BCUT2D eigenvalue weighted by atomic mass is 9.95. The Kier molecular flexibility index (Phi) is 8.33. The van der Waals surface area contributed by atoms with Crippen molar-refractivity contribution in [3.63, 3.8) is 0 Å². The van der Waals surface area contributed by atoms with Crippen LogP contribution in [0.15, 0.2) is 67.3 Å². The molecule has 49 heavy (non-hydrogen) atoms. The Hall–Kier alpha value is -4.74. The summed E-state index contributed by atoms with van der Waals surface area (Å²) in [6, 6.07) is 11.3. The smallest absolute Gasteiger partial charge is 0.319 e. The summed E-state index contributed by atoms with van der Waals surface area (Å²) < 4.78 is 23.2. The predicted molar refractivity (Wildman–Crippen MR) is 188 cm³/mol. The molecular formula is C37H36ClFN8O2. The van der Waals surface area contributed by atoms with Gasteiger partial charge in [-0.1, -0.05) is 41.9 Å². The van der Waals surface area contributed by atoms with Gasteiger partial charge in [-0.2, -0.15) is 9.97 Å². The molecule has 5 aromatic rings. The molecule has 12 heteroatoms. The summed E-state index contributed by atoms with van der Waals surface area (Å²) in [6.07, 6.45) is 14.7. The summed E-state index contributed by atoms with van der Waals surface area (Å²) in [7, 11) is 1.92. The van der Waals surface area contributed by atoms with Gasteiger partial charge in [0, 0.05) is 66.8 Å². The third kappa shape index (κ3) is 5.84. The van der Waals surface area contributed by atoms with E-state index in [4.69, 9.17) is 26.3 Å². The monoisotopic (exact) mass is 678 g/mol. The van der Waals surface area contributed by atoms with Crippen molar-refractivity contribution in [1.82, 2.24) is 34.7 Å². The fraction of sp³-hybridized carbons (Fsp3) is 0.351. The number of amides is 1. The first-order valence-electron chi connectivity index (χ1n) is 16.8. The predicted octanol–water partition coefficient (Wildman–Crippen LogP) is 6.19. The second-order valence-corrected chi connectivity index (χ2v) is 13.6. The Bertz CT molecular complexity index is 2060. The standard InChI is InChI=1S/C37H36ClFN8O2/c1-45(26-12-19-46(22-26)30(48)11-10-25-20-40-15-16-41-25)35-28-21-42-33(27-8-2-6-24-7-3-9-29(38)31(24)27)32(39)34(28)43-36(44-35)49-23-37-13-4-17-47(37)18-5-14-37/h2-3,6-11,15-16,20-21,26H,4-5,12-14,17-19,22-23H2,1H3/b11-10+/t26-/m1/s1. The lowest BCUT2D eigenvalue weighted by Gasteiger charge is -2.31. The number of hydrogen-bond acceptors (Lipinski definition) is 9. The fourth-order valence-corrected chi connectivity index (χ4v) is 8.07. The van der Waals surface area contributed by atoms with E-state index in [0.29, 0.717) is 53.6 Å². The second-order valence-electron chi connectivity index (χ2n) is 13.2. The normalized spacial score (nSPS) is 18.9. The van der Waals surface area contributed by atoms with Gasteiger partial charge >= 0.3 is 6.01 Å². The summed E-state index contributed by atoms with van der Waals surface area (Å²) in [6.45, 7) is 3.63. The summed E-state index contributed by atoms with van der Waals surface area (Å²) in [5.74, 6) is -0.164. The van der Waals surface area contributed by atoms with Crippen LogP contribution in [0.2, 0.25) is 5.02 Å². The van der Waals surface area contributed by atoms with Crippen molar-refractivity contribution < 1.29 is 13.9 Å². The van der Waals surface area contributed by atoms with Gasteiger partial charge in [0.1, 0.15) is 23.6 Å². The second kappa shape index (κ2) is 12.9. The summed E-state index contributed by atoms with van der Waals surface area (Å²) in [5, 5.41) is 2.61. The molecule has 10 nitrogen and oxygen atoms in total. The average Bonchev–Trinajstić information content (AvgIpc) is 3.87. The maximum Gasteiger partial charge on any atom is 0.319 e. The highest BCUT2D eigenvalue weighted by Crippen LogP contribution is 2.40. The van der Waals surface area contributed by atoms with Crippen molar-refractivity contribution in [3.05, 3.63) is 83.8 Å². The van der Waals surface area contributed by atoms with Gasteiger partial charge in [0.2, 0.25) is 5.91 Å². The lowest BCUT2D eigenvalue weighted by Crippen LogP contribution is -2.43. The molecule has 250 valence electrons. The molecule has 6 heterocycles. The Morgan fingerprint density at radius 1 is 1.08 bits per heavy atom. The first-order valence-corrected chi connectivity index (χ1v) is 17.2. The van der Waals surface area contributed by atoms with Crippen LogP contribution in [-0.2, 0) is 4.79 Å². The van der Waals surface area contributed by atoms with Crippen LogP contribution in [0.4, 0.5) is 10.2 Å². The highest BCUT2D eigenvalue weighted by atomic mass is 35.5. The highest BCUT2D eigenvalue weighted by molar-refractivity contribution is 6.36. The summed E-state index contributed by atoms with van der Waals surface area (Å²) in [5.41, 5.74) is 1.46. The van der Waals surface area contributed by atoms with Gasteiger partial charge in [0.25, 0.3) is 0 Å². The Labute approximate surface area is 288 Å². The number of aromatic nitrogens is 5. The average molecular weight is 679 g/mol. The van der Waals surface area contributed by atoms with E-state index >= 15 is 4.39 Å². The van der Waals surface area contributed by atoms with E-state index in [1.807, 2.05) is 42.3 Å². The number of carbonyl (C=O) groups excluding carboxylic acids is 1. The molecule has 1 atom stereocenters. The third-order valence-electron chi connectivity index (χ3n) is 10.4. The van der Waals surface area contributed by atoms with Crippen LogP contribution in [0.1, 0.15) is 37.8 Å². The number of rotatable bonds is 8. The molecule has 3 saturated heterocycles. The van der Waals surface area contributed by atoms with Gasteiger partial charge in [-0.3, -0.25) is 24.6 Å². The number of likely N-dealkylation sites (tertiary alicyclic amines) is 1. The zero-order valence-electron chi connectivity index (χ0n) is 27.2. The van der Waals surface area contributed by atoms with Gasteiger partial charge in [0.05, 0.1) is 22.8 Å². The summed E-state index contributed by atoms with van der Waals surface area (Å²) in [4.78, 5) is 41.9. The zero-order valence-corrected chi connectivity index (χ0v) is 28.0. The molecule has 0 bridgehead atoms. The number of benzene rings is 2. The lowest BCUT2D eigenvalue weighted by molar-refractivity contribution is -0.124. The number of hydrogen-bond donors (Lipinski definition) is 0. The van der Waals surface area contributed by atoms with Crippen LogP contribution in [0, 0.1) is 5.82 Å². The molecule has 0 unspecified atom stereocenters. The van der Waals surface area contributed by atoms with E-state index in [0.717, 1.165) is 49.5 Å². The van der Waals surface area contributed by atoms with Crippen LogP contribution in [-0.4, -0.2) is 92.0 Å². The number of likely N-dealkylation sites (N-methyl/N-ethyl adjacent to an activating group) is 1. The molecule has 0 N–H and O–H groups in total. The molecule has 8 rings (SSSR count). The number of carbonyl (C=O) groups is 1. The number of pyridine rings is 1. The van der Waals surface area contributed by atoms with Crippen LogP contribution >= 0.6 is 11.6 Å². The minimum Gasteiger partial charge on any atom is -0.461 e. The van der Waals surface area contributed by atoms with Crippen LogP contribution < -0.4 is 9.64 Å². The summed E-state index contributed by atoms with van der Waals surface area (Å²) >= 11 is 6.63. The van der Waals surface area contributed by atoms with Crippen LogP contribution in [0.3, 0.4) is 0 Å². The minimum absolute atomic E-state index is 0.0306. The fourth-order valence-electron chi connectivity index (χ4n) is 7.79. The number of fused-ring (bicyclic) bond motifs is 3. The number of anilines is 1. The van der Waals surface area contributed by atoms with Gasteiger partial charge < -0.3 is 14.5 Å². The Morgan fingerprint density at radius 3 is 2.69 bits per heavy atom. The van der Waals surface area contributed by atoms with E-state index in [1.165, 1.54) is 6.08 Å². The molecular weight excluding hydrogens is 643 g/mol. The highest BCUT2D eigenvalue weighted by Gasteiger charge is 2.45. The van der Waals surface area contributed by atoms with E-state index in [9.17, 15) is 4.79 Å². The minimum atomic E-state index is -0.564. The molecule has 3 fully saturated rings. The Morgan fingerprint density at radius 2 is 1.90 bits per heavy atom. The molecule has 3 aliphatic rings. The van der Waals surface area contributed by atoms with Gasteiger partial charge in [-0.25, -0.2) is 4.39 Å². The SMILES string of the molecule is CN(c1nc(OCC23CCCN2CCC3)nc2c(F)c(-c3cccc4cccc(Cl)c34)ncc12)[C@@H]1CCN(C(=O)/C=C/c2cnccn2)C1. The molecule has 0 radical (unpaired) electrons. The zero-order chi connectivity index (χ0) is 33.5. The molecule has 3 aliphatic heterocycles. The van der Waals surface area contributed by atoms with E-state index in [2.05, 4.69) is 19.9 Å². The van der Waals surface area contributed by atoms with Crippen molar-refractivity contribution in [2.45, 2.75) is 43.7 Å². The number of halogens is 2. The molecule has 1 amide bonds. The molecule has 0 spiro atoms.